The van der Waals surface area contributed by atoms with Crippen LogP contribution in [0.4, 0.5) is 21.7 Å². The normalized spacial score (nSPS) is 14.7. The van der Waals surface area contributed by atoms with E-state index < -0.39 is 11.7 Å². The molecular weight excluding hydrogens is 627 g/mol. The van der Waals surface area contributed by atoms with Crippen LogP contribution in [0.5, 0.6) is 23.1 Å². The molecule has 1 aliphatic rings. The Kier molecular flexibility index (Phi) is 11.3. The third-order valence-electron chi connectivity index (χ3n) is 8.15. The average Bonchev–Trinajstić information content (AvgIpc) is 3.06. The van der Waals surface area contributed by atoms with Gasteiger partial charge in [-0.15, -0.1) is 0 Å². The fraction of sp³-hybridized carbons (Fsp3) is 0.351. The number of carbonyl (C=O) groups is 2. The minimum atomic E-state index is -0.526. The van der Waals surface area contributed by atoms with Crippen LogP contribution in [-0.4, -0.2) is 66.6 Å². The number of methoxy groups -OCH3 is 1. The van der Waals surface area contributed by atoms with Gasteiger partial charge in [0.15, 0.2) is 23.1 Å². The lowest BCUT2D eigenvalue weighted by atomic mass is 10.00. The molecule has 0 radical (unpaired) electrons. The summed E-state index contributed by atoms with van der Waals surface area (Å²) >= 11 is 0. The summed E-state index contributed by atoms with van der Waals surface area (Å²) in [5.74, 6) is -0.341. The molecule has 1 fully saturated rings. The molecule has 5 rings (SSSR count). The molecule has 3 N–H and O–H groups in total. The second-order valence-electron chi connectivity index (χ2n) is 12.6. The fourth-order valence-corrected chi connectivity index (χ4v) is 5.64. The van der Waals surface area contributed by atoms with Crippen LogP contribution in [0.2, 0.25) is 0 Å². The molecule has 0 aliphatic carbocycles. The molecule has 1 aliphatic heterocycles. The van der Waals surface area contributed by atoms with E-state index in [0.717, 1.165) is 37.1 Å². The highest BCUT2D eigenvalue weighted by molar-refractivity contribution is 6.06. The predicted octanol–water partition coefficient (Wildman–Crippen LogP) is 6.89. The third-order valence-corrected chi connectivity index (χ3v) is 8.15. The van der Waals surface area contributed by atoms with Crippen molar-refractivity contribution in [2.45, 2.75) is 46.6 Å². The number of aryl methyl sites for hydroxylation is 2. The van der Waals surface area contributed by atoms with E-state index in [1.807, 2.05) is 45.9 Å². The lowest BCUT2D eigenvalue weighted by Gasteiger charge is -2.29. The number of rotatable bonds is 12. The SMILES string of the molecule is COc1cc(C(=O)NC(C)C)ccc1Oc1nc(Nc2ccc(OCC3CCCN(C)C3)c(F)c2)ncc1C(=O)Nc1c(C)cccc1C. The monoisotopic (exact) mass is 670 g/mol. The van der Waals surface area contributed by atoms with Crippen molar-refractivity contribution in [1.82, 2.24) is 20.2 Å². The number of nitrogens with zero attached hydrogens (tertiary/aromatic N) is 3. The molecule has 49 heavy (non-hydrogen) atoms. The summed E-state index contributed by atoms with van der Waals surface area (Å²) in [6.07, 6.45) is 3.48. The third kappa shape index (κ3) is 9.02. The summed E-state index contributed by atoms with van der Waals surface area (Å²) in [6.45, 7) is 9.96. The number of aromatic nitrogens is 2. The predicted molar refractivity (Wildman–Crippen MR) is 187 cm³/mol. The van der Waals surface area contributed by atoms with Crippen LogP contribution in [-0.2, 0) is 0 Å². The molecule has 0 bridgehead atoms. The van der Waals surface area contributed by atoms with Gasteiger partial charge in [-0.05, 0) is 95.6 Å². The van der Waals surface area contributed by atoms with Gasteiger partial charge in [0, 0.05) is 47.7 Å². The molecule has 2 heterocycles. The van der Waals surface area contributed by atoms with E-state index in [9.17, 15) is 9.59 Å². The fourth-order valence-electron chi connectivity index (χ4n) is 5.64. The van der Waals surface area contributed by atoms with Crippen LogP contribution >= 0.6 is 0 Å². The molecular formula is C37H43FN6O5. The maximum Gasteiger partial charge on any atom is 0.262 e. The Morgan fingerprint density at radius 2 is 1.78 bits per heavy atom. The number of likely N-dealkylation sites (tertiary alicyclic amines) is 1. The van der Waals surface area contributed by atoms with Gasteiger partial charge in [-0.1, -0.05) is 18.2 Å². The number of amides is 2. The van der Waals surface area contributed by atoms with Gasteiger partial charge in [0.25, 0.3) is 11.8 Å². The van der Waals surface area contributed by atoms with Gasteiger partial charge < -0.3 is 35.1 Å². The Morgan fingerprint density at radius 1 is 1.02 bits per heavy atom. The molecule has 11 nitrogen and oxygen atoms in total. The lowest BCUT2D eigenvalue weighted by molar-refractivity contribution is 0.0942. The minimum absolute atomic E-state index is 0.0418. The van der Waals surface area contributed by atoms with Gasteiger partial charge in [0.2, 0.25) is 11.8 Å². The van der Waals surface area contributed by atoms with Gasteiger partial charge in [0.05, 0.1) is 13.7 Å². The van der Waals surface area contributed by atoms with Crippen LogP contribution in [0.3, 0.4) is 0 Å². The summed E-state index contributed by atoms with van der Waals surface area (Å²) in [5.41, 5.74) is 3.21. The maximum absolute atomic E-state index is 15.1. The number of hydrogen-bond donors (Lipinski definition) is 3. The Morgan fingerprint density at radius 3 is 2.47 bits per heavy atom. The van der Waals surface area contributed by atoms with E-state index in [2.05, 4.69) is 37.9 Å². The summed E-state index contributed by atoms with van der Waals surface area (Å²) in [6, 6.07) is 14.9. The van der Waals surface area contributed by atoms with Crippen LogP contribution < -0.4 is 30.2 Å². The van der Waals surface area contributed by atoms with Gasteiger partial charge in [-0.2, -0.15) is 4.98 Å². The van der Waals surface area contributed by atoms with Crippen molar-refractivity contribution in [2.24, 2.45) is 5.92 Å². The van der Waals surface area contributed by atoms with E-state index in [1.54, 1.807) is 30.3 Å². The first-order chi connectivity index (χ1) is 23.5. The van der Waals surface area contributed by atoms with Crippen molar-refractivity contribution < 1.29 is 28.2 Å². The van der Waals surface area contributed by atoms with Crippen LogP contribution in [0.25, 0.3) is 0 Å². The molecule has 2 amide bonds. The lowest BCUT2D eigenvalue weighted by Crippen LogP contribution is -2.34. The average molecular weight is 671 g/mol. The number of piperidine rings is 1. The van der Waals surface area contributed by atoms with E-state index in [1.165, 1.54) is 19.4 Å². The minimum Gasteiger partial charge on any atom is -0.493 e. The molecule has 1 aromatic heterocycles. The highest BCUT2D eigenvalue weighted by Gasteiger charge is 2.22. The van der Waals surface area contributed by atoms with Crippen LogP contribution in [0.15, 0.2) is 60.8 Å². The Bertz CT molecular complexity index is 1800. The van der Waals surface area contributed by atoms with Gasteiger partial charge >= 0.3 is 0 Å². The summed E-state index contributed by atoms with van der Waals surface area (Å²) in [7, 11) is 3.53. The topological polar surface area (TPSA) is 127 Å². The quantitative estimate of drug-likeness (QED) is 0.148. The van der Waals surface area contributed by atoms with E-state index >= 15 is 4.39 Å². The number of benzene rings is 3. The van der Waals surface area contributed by atoms with E-state index in [4.69, 9.17) is 14.2 Å². The van der Waals surface area contributed by atoms with E-state index in [-0.39, 0.29) is 46.6 Å². The van der Waals surface area contributed by atoms with Crippen LogP contribution in [0.1, 0.15) is 58.5 Å². The molecule has 12 heteroatoms. The standard InChI is InChI=1S/C37H43FN6O5/c1-22(2)40-34(45)26-12-14-31(32(17-26)47-6)49-36-28(35(46)42-33-23(3)9-7-10-24(33)4)19-39-37(43-36)41-27-13-15-30(29(38)18-27)48-21-25-11-8-16-44(5)20-25/h7,9-10,12-15,17-19,22,25H,8,11,16,20-21H2,1-6H3,(H,40,45)(H,42,46)(H,39,41,43). The Labute approximate surface area is 286 Å². The van der Waals surface area contributed by atoms with Crippen molar-refractivity contribution in [1.29, 1.82) is 0 Å². The van der Waals surface area contributed by atoms with Crippen molar-refractivity contribution in [2.75, 3.05) is 44.5 Å². The zero-order valence-corrected chi connectivity index (χ0v) is 28.7. The highest BCUT2D eigenvalue weighted by atomic mass is 19.1. The maximum atomic E-state index is 15.1. The van der Waals surface area contributed by atoms with Gasteiger partial charge in [-0.3, -0.25) is 9.59 Å². The zero-order chi connectivity index (χ0) is 35.1. The smallest absolute Gasteiger partial charge is 0.262 e. The van der Waals surface area contributed by atoms with Gasteiger partial charge in [-0.25, -0.2) is 9.37 Å². The number of ether oxygens (including phenoxy) is 3. The molecule has 4 aromatic rings. The molecule has 258 valence electrons. The number of halogens is 1. The number of nitrogens with one attached hydrogen (secondary N) is 3. The van der Waals surface area contributed by atoms with Crippen molar-refractivity contribution >= 4 is 29.1 Å². The number of hydrogen-bond acceptors (Lipinski definition) is 9. The molecule has 1 atom stereocenters. The van der Waals surface area contributed by atoms with Gasteiger partial charge in [0.1, 0.15) is 5.56 Å². The Balaban J connectivity index is 1.41. The first-order valence-electron chi connectivity index (χ1n) is 16.3. The molecule has 0 spiro atoms. The van der Waals surface area contributed by atoms with Crippen molar-refractivity contribution in [3.63, 3.8) is 0 Å². The number of para-hydroxylation sites is 1. The molecule has 1 saturated heterocycles. The summed E-state index contributed by atoms with van der Waals surface area (Å²) in [5, 5.41) is 8.78. The van der Waals surface area contributed by atoms with Crippen LogP contribution in [0, 0.1) is 25.6 Å². The number of anilines is 3. The second-order valence-corrected chi connectivity index (χ2v) is 12.6. The van der Waals surface area contributed by atoms with E-state index in [0.29, 0.717) is 29.5 Å². The van der Waals surface area contributed by atoms with Crippen molar-refractivity contribution in [3.8, 4) is 23.1 Å². The zero-order valence-electron chi connectivity index (χ0n) is 28.7. The highest BCUT2D eigenvalue weighted by Crippen LogP contribution is 2.34. The first-order valence-corrected chi connectivity index (χ1v) is 16.3. The Hall–Kier alpha value is -5.23. The largest absolute Gasteiger partial charge is 0.493 e. The second kappa shape index (κ2) is 15.8. The molecule has 3 aromatic carbocycles. The molecule has 1 unspecified atom stereocenters. The van der Waals surface area contributed by atoms with Crippen molar-refractivity contribution in [3.05, 3.63) is 88.9 Å². The number of carbonyl (C=O) groups excluding carboxylic acids is 2. The molecule has 0 saturated carbocycles. The summed E-state index contributed by atoms with van der Waals surface area (Å²) in [4.78, 5) is 37.4. The summed E-state index contributed by atoms with van der Waals surface area (Å²) < 4.78 is 32.6. The first kappa shape index (κ1) is 35.1.